The van der Waals surface area contributed by atoms with Crippen molar-refractivity contribution in [2.45, 2.75) is 46.3 Å². The summed E-state index contributed by atoms with van der Waals surface area (Å²) in [6, 6.07) is 6.46. The molecule has 0 aliphatic rings. The standard InChI is InChI=1S/C17H24N2O2/c1-11(2)19-17(16(21-5)10-18-19)15(20)9-14-7-6-12(3)13(4)8-14/h6-8,10-11,15,20H,9H2,1-5H3. The predicted molar refractivity (Wildman–Crippen MR) is 83.7 cm³/mol. The summed E-state index contributed by atoms with van der Waals surface area (Å²) in [6.07, 6.45) is 1.58. The van der Waals surface area contributed by atoms with Gasteiger partial charge in [-0.05, 0) is 44.4 Å². The van der Waals surface area contributed by atoms with E-state index < -0.39 is 6.10 Å². The minimum Gasteiger partial charge on any atom is -0.493 e. The summed E-state index contributed by atoms with van der Waals surface area (Å²) in [5.41, 5.74) is 4.36. The van der Waals surface area contributed by atoms with Gasteiger partial charge in [-0.15, -0.1) is 0 Å². The number of rotatable bonds is 5. The fraction of sp³-hybridized carbons (Fsp3) is 0.471. The number of aromatic nitrogens is 2. The molecule has 1 atom stereocenters. The van der Waals surface area contributed by atoms with Crippen molar-refractivity contribution in [3.8, 4) is 5.75 Å². The van der Waals surface area contributed by atoms with E-state index in [2.05, 4.69) is 37.1 Å². The molecule has 0 fully saturated rings. The van der Waals surface area contributed by atoms with E-state index in [0.29, 0.717) is 12.2 Å². The second-order valence-corrected chi connectivity index (χ2v) is 5.78. The Balaban J connectivity index is 2.29. The smallest absolute Gasteiger partial charge is 0.162 e. The lowest BCUT2D eigenvalue weighted by Crippen LogP contribution is -2.14. The molecule has 2 rings (SSSR count). The topological polar surface area (TPSA) is 47.3 Å². The number of methoxy groups -OCH3 is 1. The van der Waals surface area contributed by atoms with E-state index >= 15 is 0 Å². The van der Waals surface area contributed by atoms with Crippen molar-refractivity contribution in [2.24, 2.45) is 0 Å². The lowest BCUT2D eigenvalue weighted by molar-refractivity contribution is 0.160. The summed E-state index contributed by atoms with van der Waals surface area (Å²) < 4.78 is 7.16. The molecule has 0 saturated heterocycles. The molecule has 1 heterocycles. The number of hydrogen-bond acceptors (Lipinski definition) is 3. The average molecular weight is 288 g/mol. The third-order valence-electron chi connectivity index (χ3n) is 3.82. The van der Waals surface area contributed by atoms with Crippen molar-refractivity contribution in [1.82, 2.24) is 9.78 Å². The Kier molecular flexibility index (Phi) is 4.68. The van der Waals surface area contributed by atoms with Crippen LogP contribution in [-0.2, 0) is 6.42 Å². The normalized spacial score (nSPS) is 12.7. The first-order valence-electron chi connectivity index (χ1n) is 7.29. The van der Waals surface area contributed by atoms with Crippen LogP contribution in [0.2, 0.25) is 0 Å². The van der Waals surface area contributed by atoms with Crippen molar-refractivity contribution >= 4 is 0 Å². The van der Waals surface area contributed by atoms with Crippen LogP contribution >= 0.6 is 0 Å². The lowest BCUT2D eigenvalue weighted by Gasteiger charge is -2.17. The molecule has 1 aromatic carbocycles. The first kappa shape index (κ1) is 15.6. The van der Waals surface area contributed by atoms with Gasteiger partial charge in [0, 0.05) is 12.5 Å². The molecule has 1 N–H and O–H groups in total. The molecule has 4 nitrogen and oxygen atoms in total. The average Bonchev–Trinajstić information content (AvgIpc) is 2.87. The summed E-state index contributed by atoms with van der Waals surface area (Å²) in [6.45, 7) is 8.26. The van der Waals surface area contributed by atoms with Gasteiger partial charge >= 0.3 is 0 Å². The van der Waals surface area contributed by atoms with E-state index in [9.17, 15) is 5.11 Å². The molecule has 0 spiro atoms. The minimum atomic E-state index is -0.632. The second kappa shape index (κ2) is 6.31. The summed E-state index contributed by atoms with van der Waals surface area (Å²) in [5, 5.41) is 14.9. The lowest BCUT2D eigenvalue weighted by atomic mass is 10.0. The summed E-state index contributed by atoms with van der Waals surface area (Å²) >= 11 is 0. The fourth-order valence-corrected chi connectivity index (χ4v) is 2.49. The van der Waals surface area contributed by atoms with Gasteiger partial charge in [-0.1, -0.05) is 18.2 Å². The van der Waals surface area contributed by atoms with Crippen LogP contribution in [0.15, 0.2) is 24.4 Å². The molecule has 0 bridgehead atoms. The molecule has 114 valence electrons. The maximum Gasteiger partial charge on any atom is 0.162 e. The maximum atomic E-state index is 10.6. The van der Waals surface area contributed by atoms with Crippen molar-refractivity contribution in [2.75, 3.05) is 7.11 Å². The van der Waals surface area contributed by atoms with Gasteiger partial charge in [0.2, 0.25) is 0 Å². The van der Waals surface area contributed by atoms with Crippen LogP contribution in [0.25, 0.3) is 0 Å². The Labute approximate surface area is 126 Å². The Morgan fingerprint density at radius 2 is 1.95 bits per heavy atom. The predicted octanol–water partition coefficient (Wildman–Crippen LogP) is 3.37. The van der Waals surface area contributed by atoms with Gasteiger partial charge in [0.15, 0.2) is 5.75 Å². The summed E-state index contributed by atoms with van der Waals surface area (Å²) in [7, 11) is 1.61. The van der Waals surface area contributed by atoms with Crippen molar-refractivity contribution in [3.63, 3.8) is 0 Å². The third kappa shape index (κ3) is 3.27. The second-order valence-electron chi connectivity index (χ2n) is 5.78. The molecule has 2 aromatic rings. The molecule has 1 unspecified atom stereocenters. The number of hydrogen-bond donors (Lipinski definition) is 1. The molecule has 4 heteroatoms. The zero-order valence-electron chi connectivity index (χ0n) is 13.4. The number of ether oxygens (including phenoxy) is 1. The van der Waals surface area contributed by atoms with Crippen LogP contribution in [0.5, 0.6) is 5.75 Å². The minimum absolute atomic E-state index is 0.179. The highest BCUT2D eigenvalue weighted by atomic mass is 16.5. The monoisotopic (exact) mass is 288 g/mol. The first-order chi connectivity index (χ1) is 9.93. The third-order valence-corrected chi connectivity index (χ3v) is 3.82. The number of aryl methyl sites for hydroxylation is 2. The Morgan fingerprint density at radius 3 is 2.52 bits per heavy atom. The molecule has 0 radical (unpaired) electrons. The largest absolute Gasteiger partial charge is 0.493 e. The fourth-order valence-electron chi connectivity index (χ4n) is 2.49. The van der Waals surface area contributed by atoms with Gasteiger partial charge in [-0.2, -0.15) is 5.10 Å². The van der Waals surface area contributed by atoms with Crippen LogP contribution < -0.4 is 4.74 Å². The Morgan fingerprint density at radius 1 is 1.24 bits per heavy atom. The molecule has 0 amide bonds. The quantitative estimate of drug-likeness (QED) is 0.917. The highest BCUT2D eigenvalue weighted by Crippen LogP contribution is 2.29. The van der Waals surface area contributed by atoms with Gasteiger partial charge in [-0.3, -0.25) is 4.68 Å². The van der Waals surface area contributed by atoms with Gasteiger partial charge in [0.05, 0.1) is 13.3 Å². The molecule has 21 heavy (non-hydrogen) atoms. The van der Waals surface area contributed by atoms with E-state index in [1.807, 2.05) is 18.5 Å². The van der Waals surface area contributed by atoms with Gasteiger partial charge in [0.25, 0.3) is 0 Å². The molecule has 0 aliphatic carbocycles. The summed E-state index contributed by atoms with van der Waals surface area (Å²) in [5.74, 6) is 0.639. The van der Waals surface area contributed by atoms with Gasteiger partial charge in [-0.25, -0.2) is 0 Å². The SMILES string of the molecule is COc1cnn(C(C)C)c1C(O)Cc1ccc(C)c(C)c1. The molecule has 0 saturated carbocycles. The van der Waals surface area contributed by atoms with Crippen LogP contribution in [0, 0.1) is 13.8 Å². The molecular weight excluding hydrogens is 264 g/mol. The van der Waals surface area contributed by atoms with E-state index in [4.69, 9.17) is 4.74 Å². The van der Waals surface area contributed by atoms with E-state index in [1.165, 1.54) is 11.1 Å². The molecular formula is C17H24N2O2. The van der Waals surface area contributed by atoms with E-state index in [-0.39, 0.29) is 6.04 Å². The maximum absolute atomic E-state index is 10.6. The zero-order valence-corrected chi connectivity index (χ0v) is 13.4. The first-order valence-corrected chi connectivity index (χ1v) is 7.29. The molecule has 1 aromatic heterocycles. The van der Waals surface area contributed by atoms with Gasteiger partial charge < -0.3 is 9.84 Å². The Hall–Kier alpha value is -1.81. The van der Waals surface area contributed by atoms with Crippen LogP contribution in [0.4, 0.5) is 0 Å². The number of aliphatic hydroxyl groups is 1. The van der Waals surface area contributed by atoms with Crippen molar-refractivity contribution in [1.29, 1.82) is 0 Å². The highest BCUT2D eigenvalue weighted by molar-refractivity contribution is 5.33. The molecule has 0 aliphatic heterocycles. The van der Waals surface area contributed by atoms with Crippen molar-refractivity contribution < 1.29 is 9.84 Å². The van der Waals surface area contributed by atoms with Crippen LogP contribution in [0.1, 0.15) is 48.4 Å². The highest BCUT2D eigenvalue weighted by Gasteiger charge is 2.21. The van der Waals surface area contributed by atoms with E-state index in [0.717, 1.165) is 11.3 Å². The number of aliphatic hydroxyl groups excluding tert-OH is 1. The van der Waals surface area contributed by atoms with Crippen LogP contribution in [-0.4, -0.2) is 22.0 Å². The van der Waals surface area contributed by atoms with E-state index in [1.54, 1.807) is 13.3 Å². The van der Waals surface area contributed by atoms with Crippen molar-refractivity contribution in [3.05, 3.63) is 46.8 Å². The van der Waals surface area contributed by atoms with Gasteiger partial charge in [0.1, 0.15) is 11.8 Å². The number of nitrogens with zero attached hydrogens (tertiary/aromatic N) is 2. The number of benzene rings is 1. The Bertz CT molecular complexity index is 617. The zero-order chi connectivity index (χ0) is 15.6. The summed E-state index contributed by atoms with van der Waals surface area (Å²) in [4.78, 5) is 0. The van der Waals surface area contributed by atoms with Crippen LogP contribution in [0.3, 0.4) is 0 Å².